The summed E-state index contributed by atoms with van der Waals surface area (Å²) >= 11 is 3.54. The zero-order valence-electron chi connectivity index (χ0n) is 11.8. The van der Waals surface area contributed by atoms with Gasteiger partial charge in [0.2, 0.25) is 0 Å². The van der Waals surface area contributed by atoms with Crippen LogP contribution in [0.15, 0.2) is 41.1 Å². The van der Waals surface area contributed by atoms with E-state index in [-0.39, 0.29) is 6.04 Å². The van der Waals surface area contributed by atoms with Gasteiger partial charge < -0.3 is 10.5 Å². The minimum absolute atomic E-state index is 0.204. The minimum atomic E-state index is -0.204. The molecule has 106 valence electrons. The summed E-state index contributed by atoms with van der Waals surface area (Å²) < 4.78 is 6.67. The van der Waals surface area contributed by atoms with Crippen molar-refractivity contribution < 1.29 is 4.74 Å². The topological polar surface area (TPSA) is 48.1 Å². The van der Waals surface area contributed by atoms with E-state index in [0.29, 0.717) is 6.61 Å². The first-order valence-electron chi connectivity index (χ1n) is 6.71. The predicted molar refractivity (Wildman–Crippen MR) is 84.9 cm³/mol. The summed E-state index contributed by atoms with van der Waals surface area (Å²) in [6.07, 6.45) is 4.49. The second-order valence-corrected chi connectivity index (χ2v) is 5.59. The molecule has 0 amide bonds. The number of aromatic nitrogens is 1. The average Bonchev–Trinajstić information content (AvgIpc) is 2.47. The molecule has 0 fully saturated rings. The third-order valence-electron chi connectivity index (χ3n) is 3.21. The van der Waals surface area contributed by atoms with Crippen LogP contribution < -0.4 is 10.5 Å². The maximum atomic E-state index is 6.37. The summed E-state index contributed by atoms with van der Waals surface area (Å²) in [4.78, 5) is 4.22. The molecular formula is C16H19BrN2O. The molecule has 1 unspecified atom stereocenters. The third kappa shape index (κ3) is 3.38. The standard InChI is InChI=1S/C16H19BrN2O/c1-3-7-20-13-8-12(9-19-10-13)16(18)14-5-4-6-15(17)11(14)2/h4-6,8-10,16H,3,7,18H2,1-2H3. The van der Waals surface area contributed by atoms with Crippen LogP contribution >= 0.6 is 15.9 Å². The van der Waals surface area contributed by atoms with E-state index < -0.39 is 0 Å². The molecule has 3 nitrogen and oxygen atoms in total. The zero-order chi connectivity index (χ0) is 14.5. The zero-order valence-corrected chi connectivity index (χ0v) is 13.4. The minimum Gasteiger partial charge on any atom is -0.492 e. The van der Waals surface area contributed by atoms with Gasteiger partial charge in [0.25, 0.3) is 0 Å². The summed E-state index contributed by atoms with van der Waals surface area (Å²) in [5.74, 6) is 0.771. The molecule has 0 radical (unpaired) electrons. The fourth-order valence-corrected chi connectivity index (χ4v) is 2.43. The van der Waals surface area contributed by atoms with Crippen LogP contribution in [0.4, 0.5) is 0 Å². The number of pyridine rings is 1. The smallest absolute Gasteiger partial charge is 0.137 e. The van der Waals surface area contributed by atoms with Crippen molar-refractivity contribution >= 4 is 15.9 Å². The van der Waals surface area contributed by atoms with Gasteiger partial charge in [0, 0.05) is 10.7 Å². The Labute approximate surface area is 128 Å². The van der Waals surface area contributed by atoms with Crippen molar-refractivity contribution in [1.82, 2.24) is 4.98 Å². The summed E-state index contributed by atoms with van der Waals surface area (Å²) in [6, 6.07) is 7.82. The van der Waals surface area contributed by atoms with Crippen molar-refractivity contribution in [2.75, 3.05) is 6.61 Å². The highest BCUT2D eigenvalue weighted by molar-refractivity contribution is 9.10. The van der Waals surface area contributed by atoms with E-state index in [0.717, 1.165) is 33.3 Å². The van der Waals surface area contributed by atoms with E-state index in [1.54, 1.807) is 12.4 Å². The number of ether oxygens (including phenoxy) is 1. The van der Waals surface area contributed by atoms with Crippen LogP contribution in [0.3, 0.4) is 0 Å². The fourth-order valence-electron chi connectivity index (χ4n) is 2.05. The van der Waals surface area contributed by atoms with Gasteiger partial charge in [0.05, 0.1) is 18.8 Å². The van der Waals surface area contributed by atoms with Gasteiger partial charge >= 0.3 is 0 Å². The van der Waals surface area contributed by atoms with Gasteiger partial charge in [0.15, 0.2) is 0 Å². The summed E-state index contributed by atoms with van der Waals surface area (Å²) in [5.41, 5.74) is 9.57. The first-order valence-corrected chi connectivity index (χ1v) is 7.51. The highest BCUT2D eigenvalue weighted by Crippen LogP contribution is 2.28. The Morgan fingerprint density at radius 3 is 2.90 bits per heavy atom. The molecule has 2 N–H and O–H groups in total. The molecule has 0 saturated heterocycles. The van der Waals surface area contributed by atoms with Gasteiger partial charge in [-0.1, -0.05) is 35.0 Å². The fraction of sp³-hybridized carbons (Fsp3) is 0.312. The Kier molecular flexibility index (Phi) is 5.15. The number of hydrogen-bond donors (Lipinski definition) is 1. The maximum Gasteiger partial charge on any atom is 0.137 e. The molecule has 4 heteroatoms. The lowest BCUT2D eigenvalue weighted by atomic mass is 9.97. The Bertz CT molecular complexity index is 586. The quantitative estimate of drug-likeness (QED) is 0.899. The van der Waals surface area contributed by atoms with Crippen molar-refractivity contribution in [2.24, 2.45) is 5.73 Å². The predicted octanol–water partition coefficient (Wildman–Crippen LogP) is 3.99. The second-order valence-electron chi connectivity index (χ2n) is 4.73. The van der Waals surface area contributed by atoms with Crippen LogP contribution in [0.5, 0.6) is 5.75 Å². The molecule has 0 aliphatic carbocycles. The van der Waals surface area contributed by atoms with Crippen LogP contribution in [0, 0.1) is 6.92 Å². The molecular weight excluding hydrogens is 316 g/mol. The summed E-state index contributed by atoms with van der Waals surface area (Å²) in [6.45, 7) is 4.83. The van der Waals surface area contributed by atoms with E-state index in [1.807, 2.05) is 24.3 Å². The van der Waals surface area contributed by atoms with E-state index in [4.69, 9.17) is 10.5 Å². The van der Waals surface area contributed by atoms with Crippen molar-refractivity contribution in [3.05, 3.63) is 57.8 Å². The third-order valence-corrected chi connectivity index (χ3v) is 4.07. The monoisotopic (exact) mass is 334 g/mol. The maximum absolute atomic E-state index is 6.37. The summed E-state index contributed by atoms with van der Waals surface area (Å²) in [5, 5.41) is 0. The van der Waals surface area contributed by atoms with Crippen LogP contribution in [0.1, 0.15) is 36.1 Å². The van der Waals surface area contributed by atoms with Gasteiger partial charge in [-0.15, -0.1) is 0 Å². The number of hydrogen-bond acceptors (Lipinski definition) is 3. The number of nitrogens with two attached hydrogens (primary N) is 1. The normalized spacial score (nSPS) is 12.2. The Morgan fingerprint density at radius 2 is 2.15 bits per heavy atom. The van der Waals surface area contributed by atoms with Crippen LogP contribution in [0.2, 0.25) is 0 Å². The van der Waals surface area contributed by atoms with Crippen molar-refractivity contribution in [2.45, 2.75) is 26.3 Å². The first-order chi connectivity index (χ1) is 9.63. The number of rotatable bonds is 5. The van der Waals surface area contributed by atoms with Gasteiger partial charge in [-0.3, -0.25) is 4.98 Å². The van der Waals surface area contributed by atoms with Gasteiger partial charge in [-0.25, -0.2) is 0 Å². The molecule has 2 aromatic rings. The van der Waals surface area contributed by atoms with Gasteiger partial charge in [-0.2, -0.15) is 0 Å². The van der Waals surface area contributed by atoms with Crippen LogP contribution in [0.25, 0.3) is 0 Å². The molecule has 0 aliphatic heterocycles. The number of nitrogens with zero attached hydrogens (tertiary/aromatic N) is 1. The lowest BCUT2D eigenvalue weighted by Crippen LogP contribution is -2.14. The van der Waals surface area contributed by atoms with E-state index >= 15 is 0 Å². The van der Waals surface area contributed by atoms with Gasteiger partial charge in [-0.05, 0) is 42.2 Å². The molecule has 1 heterocycles. The van der Waals surface area contributed by atoms with E-state index in [1.165, 1.54) is 0 Å². The summed E-state index contributed by atoms with van der Waals surface area (Å²) in [7, 11) is 0. The van der Waals surface area contributed by atoms with Crippen molar-refractivity contribution in [1.29, 1.82) is 0 Å². The highest BCUT2D eigenvalue weighted by Gasteiger charge is 2.14. The van der Waals surface area contributed by atoms with E-state index in [9.17, 15) is 0 Å². The first kappa shape index (κ1) is 15.0. The lowest BCUT2D eigenvalue weighted by Gasteiger charge is -2.16. The molecule has 20 heavy (non-hydrogen) atoms. The molecule has 0 saturated carbocycles. The number of benzene rings is 1. The molecule has 1 atom stereocenters. The van der Waals surface area contributed by atoms with E-state index in [2.05, 4.69) is 34.8 Å². The highest BCUT2D eigenvalue weighted by atomic mass is 79.9. The SMILES string of the molecule is CCCOc1cncc(C(N)c2cccc(Br)c2C)c1. The van der Waals surface area contributed by atoms with Crippen molar-refractivity contribution in [3.8, 4) is 5.75 Å². The lowest BCUT2D eigenvalue weighted by molar-refractivity contribution is 0.315. The molecule has 0 aliphatic rings. The molecule has 0 spiro atoms. The molecule has 0 bridgehead atoms. The Morgan fingerprint density at radius 1 is 1.35 bits per heavy atom. The Hall–Kier alpha value is -1.39. The molecule has 1 aromatic heterocycles. The van der Waals surface area contributed by atoms with Crippen LogP contribution in [-0.4, -0.2) is 11.6 Å². The Balaban J connectivity index is 2.28. The van der Waals surface area contributed by atoms with Crippen molar-refractivity contribution in [3.63, 3.8) is 0 Å². The number of halogens is 1. The average molecular weight is 335 g/mol. The van der Waals surface area contributed by atoms with Gasteiger partial charge in [0.1, 0.15) is 5.75 Å². The second kappa shape index (κ2) is 6.86. The largest absolute Gasteiger partial charge is 0.492 e. The molecule has 1 aromatic carbocycles. The van der Waals surface area contributed by atoms with Crippen LogP contribution in [-0.2, 0) is 0 Å². The molecule has 2 rings (SSSR count).